The van der Waals surface area contributed by atoms with Crippen LogP contribution < -0.4 is 0 Å². The Kier molecular flexibility index (Phi) is 5.34. The van der Waals surface area contributed by atoms with Gasteiger partial charge >= 0.3 is 0 Å². The van der Waals surface area contributed by atoms with Gasteiger partial charge in [-0.25, -0.2) is 0 Å². The number of hydrogen-bond acceptors (Lipinski definition) is 2. The minimum atomic E-state index is 0.0337. The lowest BCUT2D eigenvalue weighted by molar-refractivity contribution is -0.111. The molecule has 0 aromatic rings. The van der Waals surface area contributed by atoms with Gasteiger partial charge in [-0.15, -0.1) is 6.58 Å². The van der Waals surface area contributed by atoms with Gasteiger partial charge in [0.15, 0.2) is 6.29 Å². The van der Waals surface area contributed by atoms with Crippen molar-refractivity contribution in [3.8, 4) is 0 Å². The summed E-state index contributed by atoms with van der Waals surface area (Å²) in [6, 6.07) is 0. The number of rotatable bonds is 7. The third kappa shape index (κ3) is 4.35. The monoisotopic (exact) mass is 212 g/mol. The SMILES string of the molecule is C=CCCC1(C)COC(OCCCC)C1. The van der Waals surface area contributed by atoms with Gasteiger partial charge in [0.2, 0.25) is 0 Å². The van der Waals surface area contributed by atoms with Crippen LogP contribution in [0.1, 0.15) is 46.0 Å². The van der Waals surface area contributed by atoms with Crippen LogP contribution in [-0.2, 0) is 9.47 Å². The summed E-state index contributed by atoms with van der Waals surface area (Å²) in [6.45, 7) is 9.87. The molecule has 0 N–H and O–H groups in total. The van der Waals surface area contributed by atoms with Crippen molar-refractivity contribution in [1.82, 2.24) is 0 Å². The molecule has 2 atom stereocenters. The summed E-state index contributed by atoms with van der Waals surface area (Å²) < 4.78 is 11.3. The van der Waals surface area contributed by atoms with Crippen LogP contribution in [0, 0.1) is 5.41 Å². The lowest BCUT2D eigenvalue weighted by Gasteiger charge is -2.20. The molecule has 1 fully saturated rings. The highest BCUT2D eigenvalue weighted by Gasteiger charge is 2.35. The molecule has 2 unspecified atom stereocenters. The topological polar surface area (TPSA) is 18.5 Å². The minimum absolute atomic E-state index is 0.0337. The molecule has 1 saturated heterocycles. The average molecular weight is 212 g/mol. The lowest BCUT2D eigenvalue weighted by Crippen LogP contribution is -2.17. The molecule has 1 rings (SSSR count). The van der Waals surface area contributed by atoms with Crippen LogP contribution >= 0.6 is 0 Å². The van der Waals surface area contributed by atoms with Gasteiger partial charge in [0.25, 0.3) is 0 Å². The highest BCUT2D eigenvalue weighted by atomic mass is 16.7. The highest BCUT2D eigenvalue weighted by molar-refractivity contribution is 4.83. The van der Waals surface area contributed by atoms with Crippen molar-refractivity contribution < 1.29 is 9.47 Å². The number of unbranched alkanes of at least 4 members (excludes halogenated alkanes) is 1. The van der Waals surface area contributed by atoms with Crippen molar-refractivity contribution in [1.29, 1.82) is 0 Å². The molecule has 1 aliphatic rings. The van der Waals surface area contributed by atoms with Crippen LogP contribution in [0.25, 0.3) is 0 Å². The zero-order valence-electron chi connectivity index (χ0n) is 10.1. The Labute approximate surface area is 93.7 Å². The molecule has 2 heteroatoms. The van der Waals surface area contributed by atoms with E-state index in [0.29, 0.717) is 5.41 Å². The second kappa shape index (κ2) is 6.29. The number of allylic oxidation sites excluding steroid dienone is 1. The maximum Gasteiger partial charge on any atom is 0.158 e. The first-order chi connectivity index (χ1) is 7.20. The second-order valence-electron chi connectivity index (χ2n) is 4.81. The summed E-state index contributed by atoms with van der Waals surface area (Å²) in [5, 5.41) is 0. The molecule has 1 heterocycles. The molecule has 0 amide bonds. The zero-order valence-corrected chi connectivity index (χ0v) is 10.1. The van der Waals surface area contributed by atoms with Gasteiger partial charge in [-0.3, -0.25) is 0 Å². The van der Waals surface area contributed by atoms with Crippen molar-refractivity contribution in [2.75, 3.05) is 13.2 Å². The largest absolute Gasteiger partial charge is 0.353 e. The predicted octanol–water partition coefficient (Wildman–Crippen LogP) is 3.52. The summed E-state index contributed by atoms with van der Waals surface area (Å²) in [5.74, 6) is 0. The summed E-state index contributed by atoms with van der Waals surface area (Å²) in [6.07, 6.45) is 7.59. The molecular formula is C13H24O2. The summed E-state index contributed by atoms with van der Waals surface area (Å²) in [5.41, 5.74) is 0.297. The normalized spacial score (nSPS) is 30.7. The third-order valence-corrected chi connectivity index (χ3v) is 3.03. The van der Waals surface area contributed by atoms with Gasteiger partial charge < -0.3 is 9.47 Å². The average Bonchev–Trinajstić information content (AvgIpc) is 2.59. The molecule has 1 aliphatic heterocycles. The van der Waals surface area contributed by atoms with Gasteiger partial charge in [-0.05, 0) is 24.7 Å². The van der Waals surface area contributed by atoms with E-state index < -0.39 is 0 Å². The maximum atomic E-state index is 5.67. The smallest absolute Gasteiger partial charge is 0.158 e. The Morgan fingerprint density at radius 3 is 3.07 bits per heavy atom. The second-order valence-corrected chi connectivity index (χ2v) is 4.81. The Balaban J connectivity index is 2.21. The Bertz CT molecular complexity index is 191. The summed E-state index contributed by atoms with van der Waals surface area (Å²) >= 11 is 0. The molecule has 2 nitrogen and oxygen atoms in total. The van der Waals surface area contributed by atoms with Crippen LogP contribution in [0.4, 0.5) is 0 Å². The van der Waals surface area contributed by atoms with Crippen molar-refractivity contribution in [2.45, 2.75) is 52.2 Å². The quantitative estimate of drug-likeness (QED) is 0.475. The summed E-state index contributed by atoms with van der Waals surface area (Å²) in [7, 11) is 0. The van der Waals surface area contributed by atoms with Crippen LogP contribution in [0.15, 0.2) is 12.7 Å². The zero-order chi connectivity index (χ0) is 11.1. The first-order valence-corrected chi connectivity index (χ1v) is 6.04. The van der Waals surface area contributed by atoms with E-state index in [9.17, 15) is 0 Å². The molecule has 0 bridgehead atoms. The highest BCUT2D eigenvalue weighted by Crippen LogP contribution is 2.36. The van der Waals surface area contributed by atoms with Gasteiger partial charge in [0, 0.05) is 13.0 Å². The van der Waals surface area contributed by atoms with Crippen molar-refractivity contribution in [3.63, 3.8) is 0 Å². The molecular weight excluding hydrogens is 188 g/mol. The molecule has 0 aromatic heterocycles. The predicted molar refractivity (Wildman–Crippen MR) is 62.8 cm³/mol. The van der Waals surface area contributed by atoms with E-state index in [0.717, 1.165) is 38.9 Å². The fourth-order valence-electron chi connectivity index (χ4n) is 1.91. The van der Waals surface area contributed by atoms with E-state index in [1.807, 2.05) is 6.08 Å². The molecule has 0 saturated carbocycles. The van der Waals surface area contributed by atoms with E-state index in [4.69, 9.17) is 9.47 Å². The van der Waals surface area contributed by atoms with E-state index >= 15 is 0 Å². The van der Waals surface area contributed by atoms with E-state index in [1.54, 1.807) is 0 Å². The molecule has 88 valence electrons. The Morgan fingerprint density at radius 1 is 1.60 bits per heavy atom. The summed E-state index contributed by atoms with van der Waals surface area (Å²) in [4.78, 5) is 0. The standard InChI is InChI=1S/C13H24O2/c1-4-6-8-13(3)10-12(15-11-13)14-9-7-5-2/h4,12H,1,5-11H2,2-3H3. The third-order valence-electron chi connectivity index (χ3n) is 3.03. The van der Waals surface area contributed by atoms with E-state index in [2.05, 4.69) is 20.4 Å². The van der Waals surface area contributed by atoms with E-state index in [1.165, 1.54) is 6.42 Å². The van der Waals surface area contributed by atoms with Crippen LogP contribution in [0.3, 0.4) is 0 Å². The lowest BCUT2D eigenvalue weighted by atomic mass is 9.84. The fourth-order valence-corrected chi connectivity index (χ4v) is 1.91. The maximum absolute atomic E-state index is 5.67. The molecule has 15 heavy (non-hydrogen) atoms. The van der Waals surface area contributed by atoms with Crippen molar-refractivity contribution in [3.05, 3.63) is 12.7 Å². The Hall–Kier alpha value is -0.340. The molecule has 0 spiro atoms. The Morgan fingerprint density at radius 2 is 2.40 bits per heavy atom. The van der Waals surface area contributed by atoms with Crippen LogP contribution in [0.5, 0.6) is 0 Å². The first-order valence-electron chi connectivity index (χ1n) is 6.04. The molecule has 0 aromatic carbocycles. The molecule has 0 aliphatic carbocycles. The van der Waals surface area contributed by atoms with Crippen molar-refractivity contribution >= 4 is 0 Å². The minimum Gasteiger partial charge on any atom is -0.353 e. The fraction of sp³-hybridized carbons (Fsp3) is 0.846. The van der Waals surface area contributed by atoms with Gasteiger partial charge in [-0.1, -0.05) is 26.3 Å². The van der Waals surface area contributed by atoms with Crippen LogP contribution in [0.2, 0.25) is 0 Å². The number of ether oxygens (including phenoxy) is 2. The first kappa shape index (κ1) is 12.7. The van der Waals surface area contributed by atoms with Gasteiger partial charge in [-0.2, -0.15) is 0 Å². The van der Waals surface area contributed by atoms with Crippen LogP contribution in [-0.4, -0.2) is 19.5 Å². The number of hydrogen-bond donors (Lipinski definition) is 0. The molecule has 0 radical (unpaired) electrons. The van der Waals surface area contributed by atoms with Gasteiger partial charge in [0.05, 0.1) is 6.61 Å². The van der Waals surface area contributed by atoms with E-state index in [-0.39, 0.29) is 6.29 Å². The van der Waals surface area contributed by atoms with Gasteiger partial charge in [0.1, 0.15) is 0 Å². The van der Waals surface area contributed by atoms with Crippen molar-refractivity contribution in [2.24, 2.45) is 5.41 Å².